The Labute approximate surface area is 121 Å². The molecule has 0 aromatic carbocycles. The SMILES string of the molecule is CC1CCC(C=CCOC2CCC(C)C(F)C2F)CC1. The van der Waals surface area contributed by atoms with Crippen LogP contribution in [0.25, 0.3) is 0 Å². The van der Waals surface area contributed by atoms with Crippen molar-refractivity contribution in [3.05, 3.63) is 12.2 Å². The minimum atomic E-state index is -1.46. The molecule has 2 aliphatic rings. The Morgan fingerprint density at radius 2 is 1.65 bits per heavy atom. The van der Waals surface area contributed by atoms with Crippen molar-refractivity contribution < 1.29 is 13.5 Å². The average Bonchev–Trinajstić information content (AvgIpc) is 2.45. The van der Waals surface area contributed by atoms with Crippen LogP contribution in [0.3, 0.4) is 0 Å². The monoisotopic (exact) mass is 286 g/mol. The maximum Gasteiger partial charge on any atom is 0.157 e. The van der Waals surface area contributed by atoms with Crippen LogP contribution < -0.4 is 0 Å². The molecule has 0 N–H and O–H groups in total. The van der Waals surface area contributed by atoms with Gasteiger partial charge in [0.25, 0.3) is 0 Å². The van der Waals surface area contributed by atoms with E-state index in [0.717, 1.165) is 12.3 Å². The molecule has 0 aliphatic heterocycles. The molecule has 0 amide bonds. The second-order valence-electron chi connectivity index (χ2n) is 6.76. The zero-order valence-corrected chi connectivity index (χ0v) is 12.7. The number of alkyl halides is 2. The zero-order chi connectivity index (χ0) is 14.5. The first-order chi connectivity index (χ1) is 9.58. The molecule has 116 valence electrons. The number of hydrogen-bond acceptors (Lipinski definition) is 1. The van der Waals surface area contributed by atoms with Crippen molar-refractivity contribution in [2.75, 3.05) is 6.61 Å². The van der Waals surface area contributed by atoms with Crippen molar-refractivity contribution in [1.29, 1.82) is 0 Å². The lowest BCUT2D eigenvalue weighted by Crippen LogP contribution is -2.41. The highest BCUT2D eigenvalue weighted by atomic mass is 19.2. The van der Waals surface area contributed by atoms with E-state index in [1.807, 2.05) is 6.08 Å². The van der Waals surface area contributed by atoms with Crippen molar-refractivity contribution in [3.8, 4) is 0 Å². The van der Waals surface area contributed by atoms with Crippen LogP contribution in [0.1, 0.15) is 52.4 Å². The summed E-state index contributed by atoms with van der Waals surface area (Å²) in [4.78, 5) is 0. The van der Waals surface area contributed by atoms with E-state index in [1.54, 1.807) is 6.92 Å². The Hall–Kier alpha value is -0.440. The Morgan fingerprint density at radius 1 is 0.950 bits per heavy atom. The fourth-order valence-corrected chi connectivity index (χ4v) is 3.35. The number of rotatable bonds is 4. The summed E-state index contributed by atoms with van der Waals surface area (Å²) >= 11 is 0. The van der Waals surface area contributed by atoms with Crippen LogP contribution in [0, 0.1) is 17.8 Å². The van der Waals surface area contributed by atoms with Crippen molar-refractivity contribution in [2.24, 2.45) is 17.8 Å². The molecule has 1 nitrogen and oxygen atoms in total. The molecule has 4 atom stereocenters. The molecular weight excluding hydrogens is 258 g/mol. The van der Waals surface area contributed by atoms with Crippen LogP contribution in [-0.2, 0) is 4.74 Å². The highest BCUT2D eigenvalue weighted by molar-refractivity contribution is 4.92. The van der Waals surface area contributed by atoms with Gasteiger partial charge in [0.2, 0.25) is 0 Å². The molecule has 0 aromatic rings. The van der Waals surface area contributed by atoms with Gasteiger partial charge in [0, 0.05) is 0 Å². The Balaban J connectivity index is 1.68. The maximum atomic E-state index is 13.8. The highest BCUT2D eigenvalue weighted by Crippen LogP contribution is 2.31. The molecule has 20 heavy (non-hydrogen) atoms. The minimum Gasteiger partial charge on any atom is -0.371 e. The van der Waals surface area contributed by atoms with Gasteiger partial charge in [-0.15, -0.1) is 0 Å². The normalized spacial score (nSPS) is 43.0. The van der Waals surface area contributed by atoms with E-state index in [2.05, 4.69) is 13.0 Å². The van der Waals surface area contributed by atoms with Gasteiger partial charge in [-0.1, -0.05) is 38.8 Å². The summed E-state index contributed by atoms with van der Waals surface area (Å²) in [5.74, 6) is 1.33. The molecule has 2 saturated carbocycles. The highest BCUT2D eigenvalue weighted by Gasteiger charge is 2.38. The van der Waals surface area contributed by atoms with E-state index in [4.69, 9.17) is 4.74 Å². The van der Waals surface area contributed by atoms with E-state index in [-0.39, 0.29) is 5.92 Å². The number of ether oxygens (including phenoxy) is 1. The summed E-state index contributed by atoms with van der Waals surface area (Å²) in [6.45, 7) is 4.50. The number of halogens is 2. The lowest BCUT2D eigenvalue weighted by atomic mass is 9.83. The number of hydrogen-bond donors (Lipinski definition) is 0. The van der Waals surface area contributed by atoms with Crippen LogP contribution in [0.2, 0.25) is 0 Å². The Kier molecular flexibility index (Phi) is 6.01. The lowest BCUT2D eigenvalue weighted by Gasteiger charge is -2.32. The molecule has 0 bridgehead atoms. The van der Waals surface area contributed by atoms with Crippen LogP contribution in [-0.4, -0.2) is 25.1 Å². The molecule has 2 fully saturated rings. The second kappa shape index (κ2) is 7.53. The first-order valence-corrected chi connectivity index (χ1v) is 8.14. The molecule has 3 heteroatoms. The molecule has 0 aromatic heterocycles. The van der Waals surface area contributed by atoms with E-state index >= 15 is 0 Å². The molecule has 0 saturated heterocycles. The van der Waals surface area contributed by atoms with E-state index in [9.17, 15) is 8.78 Å². The zero-order valence-electron chi connectivity index (χ0n) is 12.7. The van der Waals surface area contributed by atoms with Gasteiger partial charge in [-0.3, -0.25) is 0 Å². The van der Waals surface area contributed by atoms with Crippen LogP contribution in [0.5, 0.6) is 0 Å². The van der Waals surface area contributed by atoms with Gasteiger partial charge in [0.1, 0.15) is 6.17 Å². The van der Waals surface area contributed by atoms with E-state index in [1.165, 1.54) is 25.7 Å². The van der Waals surface area contributed by atoms with Gasteiger partial charge in [0.05, 0.1) is 12.7 Å². The van der Waals surface area contributed by atoms with Crippen LogP contribution in [0.4, 0.5) is 8.78 Å². The predicted molar refractivity (Wildman–Crippen MR) is 78.2 cm³/mol. The topological polar surface area (TPSA) is 9.23 Å². The second-order valence-corrected chi connectivity index (χ2v) is 6.76. The molecule has 4 unspecified atom stereocenters. The van der Waals surface area contributed by atoms with Crippen LogP contribution >= 0.6 is 0 Å². The summed E-state index contributed by atoms with van der Waals surface area (Å²) < 4.78 is 32.9. The fraction of sp³-hybridized carbons (Fsp3) is 0.882. The molecule has 0 radical (unpaired) electrons. The standard InChI is InChI=1S/C17H28F2O/c1-12-5-8-14(9-6-12)4-3-11-20-15-10-7-13(2)16(18)17(15)19/h3-4,12-17H,5-11H2,1-2H3. The molecular formula is C17H28F2O. The molecule has 0 spiro atoms. The summed E-state index contributed by atoms with van der Waals surface area (Å²) in [7, 11) is 0. The quantitative estimate of drug-likeness (QED) is 0.671. The van der Waals surface area contributed by atoms with E-state index < -0.39 is 18.4 Å². The third-order valence-corrected chi connectivity index (χ3v) is 4.98. The lowest BCUT2D eigenvalue weighted by molar-refractivity contribution is -0.0631. The van der Waals surface area contributed by atoms with Gasteiger partial charge in [0.15, 0.2) is 6.17 Å². The summed E-state index contributed by atoms with van der Waals surface area (Å²) in [6.07, 6.45) is 7.27. The third kappa shape index (κ3) is 4.28. The minimum absolute atomic E-state index is 0.176. The molecule has 2 rings (SSSR count). The van der Waals surface area contributed by atoms with Crippen molar-refractivity contribution in [2.45, 2.75) is 70.8 Å². The van der Waals surface area contributed by atoms with E-state index in [0.29, 0.717) is 18.9 Å². The van der Waals surface area contributed by atoms with Crippen molar-refractivity contribution >= 4 is 0 Å². The van der Waals surface area contributed by atoms with Gasteiger partial charge in [-0.05, 0) is 43.4 Å². The summed E-state index contributed by atoms with van der Waals surface area (Å²) in [6, 6.07) is 0. The Morgan fingerprint density at radius 3 is 2.35 bits per heavy atom. The van der Waals surface area contributed by atoms with Crippen molar-refractivity contribution in [1.82, 2.24) is 0 Å². The van der Waals surface area contributed by atoms with Gasteiger partial charge < -0.3 is 4.74 Å². The molecule has 0 heterocycles. The first kappa shape index (κ1) is 15.9. The largest absolute Gasteiger partial charge is 0.371 e. The summed E-state index contributed by atoms with van der Waals surface area (Å²) in [5.41, 5.74) is 0. The van der Waals surface area contributed by atoms with Gasteiger partial charge >= 0.3 is 0 Å². The average molecular weight is 286 g/mol. The molecule has 2 aliphatic carbocycles. The smallest absolute Gasteiger partial charge is 0.157 e. The van der Waals surface area contributed by atoms with Crippen LogP contribution in [0.15, 0.2) is 12.2 Å². The summed E-state index contributed by atoms with van der Waals surface area (Å²) in [5, 5.41) is 0. The predicted octanol–water partition coefficient (Wildman–Crippen LogP) is 4.86. The number of allylic oxidation sites excluding steroid dienone is 1. The van der Waals surface area contributed by atoms with Crippen molar-refractivity contribution in [3.63, 3.8) is 0 Å². The van der Waals surface area contributed by atoms with Gasteiger partial charge in [-0.2, -0.15) is 0 Å². The van der Waals surface area contributed by atoms with Gasteiger partial charge in [-0.25, -0.2) is 8.78 Å². The maximum absolute atomic E-state index is 13.8. The first-order valence-electron chi connectivity index (χ1n) is 8.14. The Bertz CT molecular complexity index is 310. The fourth-order valence-electron chi connectivity index (χ4n) is 3.35. The third-order valence-electron chi connectivity index (χ3n) is 4.98.